The van der Waals surface area contributed by atoms with Crippen molar-refractivity contribution >= 4 is 0 Å². The van der Waals surface area contributed by atoms with Gasteiger partial charge in [0.25, 0.3) is 0 Å². The molecule has 0 aliphatic rings. The van der Waals surface area contributed by atoms with Crippen molar-refractivity contribution in [3.63, 3.8) is 0 Å². The molecule has 1 rings (SSSR count). The average molecular weight is 249 g/mol. The van der Waals surface area contributed by atoms with Gasteiger partial charge >= 0.3 is 0 Å². The zero-order valence-electron chi connectivity index (χ0n) is 12.4. The second kappa shape index (κ2) is 7.55. The lowest BCUT2D eigenvalue weighted by Crippen LogP contribution is -2.33. The summed E-state index contributed by atoms with van der Waals surface area (Å²) in [4.78, 5) is 0. The van der Waals surface area contributed by atoms with Gasteiger partial charge in [-0.2, -0.15) is 0 Å². The molecular formula is C16H27NO. The summed E-state index contributed by atoms with van der Waals surface area (Å²) in [6.07, 6.45) is 1.34. The lowest BCUT2D eigenvalue weighted by atomic mass is 9.96. The van der Waals surface area contributed by atoms with E-state index in [9.17, 15) is 0 Å². The van der Waals surface area contributed by atoms with E-state index >= 15 is 0 Å². The predicted octanol–water partition coefficient (Wildman–Crippen LogP) is 3.77. The summed E-state index contributed by atoms with van der Waals surface area (Å²) < 4.78 is 5.78. The molecule has 0 aromatic heterocycles. The normalized spacial score (nSPS) is 14.5. The lowest BCUT2D eigenvalue weighted by molar-refractivity contribution is 0.0471. The van der Waals surface area contributed by atoms with Crippen LogP contribution in [0.2, 0.25) is 0 Å². The van der Waals surface area contributed by atoms with E-state index in [1.165, 1.54) is 16.7 Å². The highest BCUT2D eigenvalue weighted by atomic mass is 16.5. The molecule has 0 fully saturated rings. The number of rotatable bonds is 7. The topological polar surface area (TPSA) is 21.3 Å². The Morgan fingerprint density at radius 1 is 1.22 bits per heavy atom. The number of hydrogen-bond donors (Lipinski definition) is 1. The van der Waals surface area contributed by atoms with Gasteiger partial charge in [-0.15, -0.1) is 0 Å². The van der Waals surface area contributed by atoms with E-state index in [0.717, 1.165) is 19.6 Å². The molecule has 0 amide bonds. The number of ether oxygens (including phenoxy) is 1. The Balaban J connectivity index is 2.93. The number of benzene rings is 1. The molecule has 0 bridgehead atoms. The van der Waals surface area contributed by atoms with Crippen molar-refractivity contribution in [1.82, 2.24) is 5.32 Å². The van der Waals surface area contributed by atoms with Crippen molar-refractivity contribution in [2.75, 3.05) is 13.2 Å². The molecule has 1 N–H and O–H groups in total. The predicted molar refractivity (Wildman–Crippen MR) is 78.0 cm³/mol. The molecule has 0 saturated carbocycles. The van der Waals surface area contributed by atoms with E-state index in [1.54, 1.807) is 0 Å². The molecule has 2 heteroatoms. The molecule has 0 aliphatic heterocycles. The van der Waals surface area contributed by atoms with Crippen molar-refractivity contribution in [3.05, 3.63) is 34.9 Å². The fraction of sp³-hybridized carbons (Fsp3) is 0.625. The maximum atomic E-state index is 5.78. The van der Waals surface area contributed by atoms with Crippen LogP contribution in [0, 0.1) is 13.8 Å². The number of nitrogens with one attached hydrogen (secondary N) is 1. The summed E-state index contributed by atoms with van der Waals surface area (Å²) in [5, 5.41) is 3.61. The van der Waals surface area contributed by atoms with Gasteiger partial charge < -0.3 is 10.1 Å². The quantitative estimate of drug-likeness (QED) is 0.794. The first-order chi connectivity index (χ1) is 8.60. The van der Waals surface area contributed by atoms with Crippen LogP contribution in [0.5, 0.6) is 0 Å². The van der Waals surface area contributed by atoms with Crippen LogP contribution in [-0.4, -0.2) is 19.3 Å². The first kappa shape index (κ1) is 15.2. The van der Waals surface area contributed by atoms with Gasteiger partial charge in [0, 0.05) is 6.61 Å². The van der Waals surface area contributed by atoms with Gasteiger partial charge in [0.1, 0.15) is 0 Å². The van der Waals surface area contributed by atoms with Crippen molar-refractivity contribution in [3.8, 4) is 0 Å². The standard InChI is InChI=1S/C16H27NO/c1-6-10-17-16(14(5)18-7-2)15-9-8-12(3)11-13(15)4/h8-9,11,14,16-17H,6-7,10H2,1-5H3. The zero-order chi connectivity index (χ0) is 13.5. The Morgan fingerprint density at radius 2 is 1.94 bits per heavy atom. The van der Waals surface area contributed by atoms with E-state index < -0.39 is 0 Å². The largest absolute Gasteiger partial charge is 0.377 e. The molecule has 0 aliphatic carbocycles. The highest BCUT2D eigenvalue weighted by Gasteiger charge is 2.20. The highest BCUT2D eigenvalue weighted by molar-refractivity contribution is 5.33. The minimum Gasteiger partial charge on any atom is -0.377 e. The second-order valence-electron chi connectivity index (χ2n) is 4.95. The van der Waals surface area contributed by atoms with Crippen molar-refractivity contribution in [2.45, 2.75) is 53.2 Å². The number of hydrogen-bond acceptors (Lipinski definition) is 2. The Morgan fingerprint density at radius 3 is 2.50 bits per heavy atom. The van der Waals surface area contributed by atoms with Gasteiger partial charge in [0.05, 0.1) is 12.1 Å². The van der Waals surface area contributed by atoms with Gasteiger partial charge in [-0.05, 0) is 51.8 Å². The number of aryl methyl sites for hydroxylation is 2. The van der Waals surface area contributed by atoms with Crippen LogP contribution < -0.4 is 5.32 Å². The fourth-order valence-corrected chi connectivity index (χ4v) is 2.36. The average Bonchev–Trinajstić information content (AvgIpc) is 2.32. The van der Waals surface area contributed by atoms with Crippen LogP contribution >= 0.6 is 0 Å². The monoisotopic (exact) mass is 249 g/mol. The molecule has 1 aromatic rings. The minimum atomic E-state index is 0.197. The highest BCUT2D eigenvalue weighted by Crippen LogP contribution is 2.23. The molecule has 18 heavy (non-hydrogen) atoms. The van der Waals surface area contributed by atoms with Gasteiger partial charge in [0.2, 0.25) is 0 Å². The third-order valence-electron chi connectivity index (χ3n) is 3.27. The molecule has 2 atom stereocenters. The van der Waals surface area contributed by atoms with Crippen LogP contribution in [-0.2, 0) is 4.74 Å². The van der Waals surface area contributed by atoms with E-state index in [4.69, 9.17) is 4.74 Å². The molecule has 2 unspecified atom stereocenters. The van der Waals surface area contributed by atoms with E-state index in [2.05, 4.69) is 58.1 Å². The van der Waals surface area contributed by atoms with Gasteiger partial charge in [0.15, 0.2) is 0 Å². The molecule has 0 spiro atoms. The molecule has 0 heterocycles. The molecule has 2 nitrogen and oxygen atoms in total. The first-order valence-corrected chi connectivity index (χ1v) is 7.02. The summed E-state index contributed by atoms with van der Waals surface area (Å²) >= 11 is 0. The molecule has 0 saturated heterocycles. The summed E-state index contributed by atoms with van der Waals surface area (Å²) in [7, 11) is 0. The second-order valence-corrected chi connectivity index (χ2v) is 4.95. The van der Waals surface area contributed by atoms with E-state index in [0.29, 0.717) is 0 Å². The minimum absolute atomic E-state index is 0.197. The molecule has 1 aromatic carbocycles. The van der Waals surface area contributed by atoms with Crippen LogP contribution in [0.3, 0.4) is 0 Å². The zero-order valence-corrected chi connectivity index (χ0v) is 12.4. The van der Waals surface area contributed by atoms with Crippen LogP contribution in [0.4, 0.5) is 0 Å². The maximum absolute atomic E-state index is 5.78. The van der Waals surface area contributed by atoms with Crippen LogP contribution in [0.1, 0.15) is 49.9 Å². The third kappa shape index (κ3) is 4.11. The third-order valence-corrected chi connectivity index (χ3v) is 3.27. The Labute approximate surface area is 112 Å². The summed E-state index contributed by atoms with van der Waals surface area (Å²) in [6, 6.07) is 6.94. The van der Waals surface area contributed by atoms with Gasteiger partial charge in [-0.1, -0.05) is 30.7 Å². The van der Waals surface area contributed by atoms with Crippen molar-refractivity contribution in [1.29, 1.82) is 0 Å². The molecular weight excluding hydrogens is 222 g/mol. The summed E-state index contributed by atoms with van der Waals surface area (Å²) in [5.74, 6) is 0. The Bertz CT molecular complexity index is 362. The lowest BCUT2D eigenvalue weighted by Gasteiger charge is -2.27. The van der Waals surface area contributed by atoms with Crippen molar-refractivity contribution in [2.24, 2.45) is 0 Å². The Hall–Kier alpha value is -0.860. The molecule has 0 radical (unpaired) electrons. The van der Waals surface area contributed by atoms with E-state index in [-0.39, 0.29) is 12.1 Å². The molecule has 102 valence electrons. The smallest absolute Gasteiger partial charge is 0.0741 e. The Kier molecular flexibility index (Phi) is 6.37. The van der Waals surface area contributed by atoms with Gasteiger partial charge in [-0.3, -0.25) is 0 Å². The maximum Gasteiger partial charge on any atom is 0.0741 e. The summed E-state index contributed by atoms with van der Waals surface area (Å²) in [6.45, 7) is 12.5. The first-order valence-electron chi connectivity index (χ1n) is 7.02. The summed E-state index contributed by atoms with van der Waals surface area (Å²) in [5.41, 5.74) is 4.01. The van der Waals surface area contributed by atoms with Crippen LogP contribution in [0.15, 0.2) is 18.2 Å². The van der Waals surface area contributed by atoms with Gasteiger partial charge in [-0.25, -0.2) is 0 Å². The van der Waals surface area contributed by atoms with Crippen LogP contribution in [0.25, 0.3) is 0 Å². The van der Waals surface area contributed by atoms with Crippen molar-refractivity contribution < 1.29 is 4.74 Å². The SMILES string of the molecule is CCCNC(c1ccc(C)cc1C)C(C)OCC. The van der Waals surface area contributed by atoms with E-state index in [1.807, 2.05) is 0 Å². The fourth-order valence-electron chi connectivity index (χ4n) is 2.36.